The minimum absolute atomic E-state index is 0.436. The lowest BCUT2D eigenvalue weighted by Crippen LogP contribution is -1.91. The van der Waals surface area contributed by atoms with Gasteiger partial charge < -0.3 is 5.11 Å². The molecule has 1 aromatic rings. The molecule has 0 aliphatic rings. The number of para-hydroxylation sites is 1. The summed E-state index contributed by atoms with van der Waals surface area (Å²) in [5.41, 5.74) is 1.07. The summed E-state index contributed by atoms with van der Waals surface area (Å²) in [5, 5.41) is 9.48. The Morgan fingerprint density at radius 3 is 2.54 bits per heavy atom. The highest BCUT2D eigenvalue weighted by Crippen LogP contribution is 2.18. The Morgan fingerprint density at radius 1 is 1.23 bits per heavy atom. The molecule has 0 fully saturated rings. The first-order valence-electron chi connectivity index (χ1n) is 4.97. The number of benzene rings is 1. The van der Waals surface area contributed by atoms with Gasteiger partial charge in [0.05, 0.1) is 0 Å². The zero-order valence-corrected chi connectivity index (χ0v) is 8.46. The van der Waals surface area contributed by atoms with Crippen molar-refractivity contribution >= 4 is 0 Å². The Morgan fingerprint density at radius 2 is 1.92 bits per heavy atom. The van der Waals surface area contributed by atoms with Crippen molar-refractivity contribution in [2.45, 2.75) is 33.1 Å². The zero-order chi connectivity index (χ0) is 9.68. The summed E-state index contributed by atoms with van der Waals surface area (Å²) in [4.78, 5) is 0. The number of hydrogen-bond acceptors (Lipinski definition) is 1. The molecule has 0 unspecified atom stereocenters. The molecule has 1 aromatic carbocycles. The maximum atomic E-state index is 9.48. The highest BCUT2D eigenvalue weighted by molar-refractivity contribution is 5.31. The smallest absolute Gasteiger partial charge is 0.118 e. The molecule has 0 aliphatic heterocycles. The fourth-order valence-corrected chi connectivity index (χ4v) is 1.42. The van der Waals surface area contributed by atoms with Crippen LogP contribution in [0.25, 0.3) is 0 Å². The molecule has 1 heteroatoms. The number of aryl methyl sites for hydroxylation is 1. The lowest BCUT2D eigenvalue weighted by Gasteiger charge is -2.05. The molecule has 1 N–H and O–H groups in total. The molecular weight excluding hydrogens is 160 g/mol. The molecular formula is C12H18O. The summed E-state index contributed by atoms with van der Waals surface area (Å²) in [6.07, 6.45) is 3.38. The Labute approximate surface area is 80.4 Å². The van der Waals surface area contributed by atoms with Gasteiger partial charge in [-0.2, -0.15) is 0 Å². The molecule has 0 amide bonds. The standard InChI is InChI=1S/C12H18O/c1-10(2)6-5-8-11-7-3-4-9-12(11)13/h3-4,7,9-10,13H,5-6,8H2,1-2H3. The van der Waals surface area contributed by atoms with Gasteiger partial charge in [0.25, 0.3) is 0 Å². The average molecular weight is 178 g/mol. The van der Waals surface area contributed by atoms with E-state index in [1.807, 2.05) is 18.2 Å². The maximum Gasteiger partial charge on any atom is 0.118 e. The van der Waals surface area contributed by atoms with Gasteiger partial charge in [-0.05, 0) is 30.4 Å². The van der Waals surface area contributed by atoms with E-state index in [0.29, 0.717) is 5.75 Å². The van der Waals surface area contributed by atoms with Gasteiger partial charge in [-0.25, -0.2) is 0 Å². The molecule has 0 spiro atoms. The van der Waals surface area contributed by atoms with Crippen LogP contribution in [0.15, 0.2) is 24.3 Å². The lowest BCUT2D eigenvalue weighted by atomic mass is 10.0. The molecule has 0 atom stereocenters. The van der Waals surface area contributed by atoms with E-state index in [9.17, 15) is 5.11 Å². The summed E-state index contributed by atoms with van der Waals surface area (Å²) in [6, 6.07) is 7.59. The predicted molar refractivity (Wildman–Crippen MR) is 55.9 cm³/mol. The van der Waals surface area contributed by atoms with Crippen molar-refractivity contribution in [2.75, 3.05) is 0 Å². The van der Waals surface area contributed by atoms with Crippen LogP contribution in [-0.4, -0.2) is 5.11 Å². The lowest BCUT2D eigenvalue weighted by molar-refractivity contribution is 0.464. The van der Waals surface area contributed by atoms with Gasteiger partial charge in [0.1, 0.15) is 5.75 Å². The van der Waals surface area contributed by atoms with E-state index in [-0.39, 0.29) is 0 Å². The van der Waals surface area contributed by atoms with Crippen molar-refractivity contribution in [3.8, 4) is 5.75 Å². The monoisotopic (exact) mass is 178 g/mol. The van der Waals surface area contributed by atoms with Crippen LogP contribution >= 0.6 is 0 Å². The fourth-order valence-electron chi connectivity index (χ4n) is 1.42. The van der Waals surface area contributed by atoms with E-state index < -0.39 is 0 Å². The van der Waals surface area contributed by atoms with Crippen molar-refractivity contribution < 1.29 is 5.11 Å². The minimum atomic E-state index is 0.436. The molecule has 72 valence electrons. The quantitative estimate of drug-likeness (QED) is 0.749. The van der Waals surface area contributed by atoms with Crippen molar-refractivity contribution in [2.24, 2.45) is 5.92 Å². The predicted octanol–water partition coefficient (Wildman–Crippen LogP) is 3.37. The molecule has 0 saturated carbocycles. The second-order valence-electron chi connectivity index (χ2n) is 3.91. The second-order valence-corrected chi connectivity index (χ2v) is 3.91. The minimum Gasteiger partial charge on any atom is -0.508 e. The largest absolute Gasteiger partial charge is 0.508 e. The fraction of sp³-hybridized carbons (Fsp3) is 0.500. The molecule has 0 bridgehead atoms. The average Bonchev–Trinajstić information content (AvgIpc) is 2.08. The van der Waals surface area contributed by atoms with Crippen molar-refractivity contribution in [1.82, 2.24) is 0 Å². The normalized spacial score (nSPS) is 10.7. The van der Waals surface area contributed by atoms with Gasteiger partial charge in [0.15, 0.2) is 0 Å². The molecule has 1 nitrogen and oxygen atoms in total. The van der Waals surface area contributed by atoms with Crippen molar-refractivity contribution in [3.63, 3.8) is 0 Å². The van der Waals surface area contributed by atoms with E-state index in [2.05, 4.69) is 13.8 Å². The van der Waals surface area contributed by atoms with Crippen molar-refractivity contribution in [3.05, 3.63) is 29.8 Å². The van der Waals surface area contributed by atoms with Crippen LogP contribution in [0.4, 0.5) is 0 Å². The van der Waals surface area contributed by atoms with E-state index in [0.717, 1.165) is 24.3 Å². The first-order valence-corrected chi connectivity index (χ1v) is 4.97. The van der Waals surface area contributed by atoms with Gasteiger partial charge in [-0.15, -0.1) is 0 Å². The molecule has 1 rings (SSSR count). The second kappa shape index (κ2) is 4.90. The van der Waals surface area contributed by atoms with Crippen LogP contribution in [0.2, 0.25) is 0 Å². The summed E-state index contributed by atoms with van der Waals surface area (Å²) in [5.74, 6) is 1.19. The maximum absolute atomic E-state index is 9.48. The number of phenolic OH excluding ortho intramolecular Hbond substituents is 1. The van der Waals surface area contributed by atoms with Crippen LogP contribution in [0.3, 0.4) is 0 Å². The third-order valence-corrected chi connectivity index (χ3v) is 2.22. The molecule has 0 aromatic heterocycles. The van der Waals surface area contributed by atoms with Crippen LogP contribution in [0, 0.1) is 5.92 Å². The summed E-state index contributed by atoms with van der Waals surface area (Å²) >= 11 is 0. The summed E-state index contributed by atoms with van der Waals surface area (Å²) < 4.78 is 0. The van der Waals surface area contributed by atoms with E-state index in [1.54, 1.807) is 6.07 Å². The Hall–Kier alpha value is -0.980. The van der Waals surface area contributed by atoms with Gasteiger partial charge in [0.2, 0.25) is 0 Å². The molecule has 0 heterocycles. The van der Waals surface area contributed by atoms with Gasteiger partial charge in [-0.1, -0.05) is 38.5 Å². The molecule has 13 heavy (non-hydrogen) atoms. The number of hydrogen-bond donors (Lipinski definition) is 1. The number of rotatable bonds is 4. The van der Waals surface area contributed by atoms with Gasteiger partial charge >= 0.3 is 0 Å². The first kappa shape index (κ1) is 10.1. The van der Waals surface area contributed by atoms with Gasteiger partial charge in [0, 0.05) is 0 Å². The topological polar surface area (TPSA) is 20.2 Å². The van der Waals surface area contributed by atoms with Crippen LogP contribution in [0.5, 0.6) is 5.75 Å². The zero-order valence-electron chi connectivity index (χ0n) is 8.46. The third-order valence-electron chi connectivity index (χ3n) is 2.22. The molecule has 0 aliphatic carbocycles. The van der Waals surface area contributed by atoms with Crippen LogP contribution in [-0.2, 0) is 6.42 Å². The SMILES string of the molecule is CC(C)CCCc1ccccc1O. The highest BCUT2D eigenvalue weighted by Gasteiger charge is 2.00. The summed E-state index contributed by atoms with van der Waals surface area (Å²) in [7, 11) is 0. The third kappa shape index (κ3) is 3.49. The van der Waals surface area contributed by atoms with Crippen LogP contribution < -0.4 is 0 Å². The van der Waals surface area contributed by atoms with Gasteiger partial charge in [-0.3, -0.25) is 0 Å². The highest BCUT2D eigenvalue weighted by atomic mass is 16.3. The number of aromatic hydroxyl groups is 1. The van der Waals surface area contributed by atoms with E-state index in [1.165, 1.54) is 6.42 Å². The van der Waals surface area contributed by atoms with E-state index in [4.69, 9.17) is 0 Å². The van der Waals surface area contributed by atoms with E-state index >= 15 is 0 Å². The number of phenols is 1. The Kier molecular flexibility index (Phi) is 3.81. The first-order chi connectivity index (χ1) is 6.20. The molecule has 0 radical (unpaired) electrons. The summed E-state index contributed by atoms with van der Waals surface area (Å²) in [6.45, 7) is 4.45. The molecule has 0 saturated heterocycles. The van der Waals surface area contributed by atoms with Crippen molar-refractivity contribution in [1.29, 1.82) is 0 Å². The Balaban J connectivity index is 2.41. The van der Waals surface area contributed by atoms with Crippen LogP contribution in [0.1, 0.15) is 32.3 Å². The Bertz CT molecular complexity index is 253.